The first kappa shape index (κ1) is 21.2. The van der Waals surface area contributed by atoms with Gasteiger partial charge in [-0.05, 0) is 37.1 Å². The number of nitrogens with zero attached hydrogens (tertiary/aromatic N) is 2. The zero-order valence-corrected chi connectivity index (χ0v) is 18.6. The molecular formula is C21H22ClN3O3S2. The Labute approximate surface area is 184 Å². The summed E-state index contributed by atoms with van der Waals surface area (Å²) in [5, 5.41) is 1.30. The van der Waals surface area contributed by atoms with Crippen molar-refractivity contribution in [2.75, 3.05) is 19.6 Å². The van der Waals surface area contributed by atoms with E-state index in [1.165, 1.54) is 16.8 Å². The van der Waals surface area contributed by atoms with Crippen LogP contribution in [0.3, 0.4) is 0 Å². The third kappa shape index (κ3) is 4.67. The van der Waals surface area contributed by atoms with Gasteiger partial charge in [0.25, 0.3) is 0 Å². The molecule has 1 aliphatic heterocycles. The number of sulfonamides is 1. The maximum absolute atomic E-state index is 12.5. The Balaban J connectivity index is 1.28. The van der Waals surface area contributed by atoms with Gasteiger partial charge in [0.1, 0.15) is 4.90 Å². The molecule has 0 bridgehead atoms. The quantitative estimate of drug-likeness (QED) is 0.598. The number of hydrogen-bond donors (Lipinski definition) is 1. The highest BCUT2D eigenvalue weighted by atomic mass is 35.5. The van der Waals surface area contributed by atoms with Crippen molar-refractivity contribution in [3.63, 3.8) is 0 Å². The second-order valence-corrected chi connectivity index (χ2v) is 10.5. The zero-order valence-electron chi connectivity index (χ0n) is 16.3. The summed E-state index contributed by atoms with van der Waals surface area (Å²) in [6.07, 6.45) is 1.86. The van der Waals surface area contributed by atoms with Crippen LogP contribution in [-0.4, -0.2) is 43.8 Å². The van der Waals surface area contributed by atoms with Crippen LogP contribution in [0.25, 0.3) is 10.2 Å². The molecule has 4 rings (SSSR count). The molecule has 2 aromatic carbocycles. The van der Waals surface area contributed by atoms with Gasteiger partial charge < -0.3 is 4.90 Å². The van der Waals surface area contributed by atoms with Crippen LogP contribution in [-0.2, 0) is 14.8 Å². The molecule has 0 spiro atoms. The fraction of sp³-hybridized carbons (Fsp3) is 0.333. The van der Waals surface area contributed by atoms with E-state index in [4.69, 9.17) is 16.6 Å². The Hall–Kier alpha value is -2.00. The lowest BCUT2D eigenvalue weighted by Gasteiger charge is -2.31. The van der Waals surface area contributed by atoms with Gasteiger partial charge in [-0.1, -0.05) is 35.9 Å². The van der Waals surface area contributed by atoms with Gasteiger partial charge >= 0.3 is 0 Å². The number of nitrogens with one attached hydrogen (secondary N) is 1. The highest BCUT2D eigenvalue weighted by molar-refractivity contribution is 7.89. The van der Waals surface area contributed by atoms with Crippen molar-refractivity contribution in [3.8, 4) is 0 Å². The lowest BCUT2D eigenvalue weighted by Crippen LogP contribution is -2.39. The summed E-state index contributed by atoms with van der Waals surface area (Å²) >= 11 is 7.69. The zero-order chi connectivity index (χ0) is 21.1. The Morgan fingerprint density at radius 1 is 1.13 bits per heavy atom. The highest BCUT2D eigenvalue weighted by Gasteiger charge is 2.26. The number of carbonyl (C=O) groups excluding carboxylic acids is 1. The lowest BCUT2D eigenvalue weighted by atomic mass is 9.97. The molecule has 1 saturated heterocycles. The Kier molecular flexibility index (Phi) is 6.38. The molecule has 6 nitrogen and oxygen atoms in total. The minimum absolute atomic E-state index is 0.0239. The molecule has 1 N–H and O–H groups in total. The molecule has 0 atom stereocenters. The van der Waals surface area contributed by atoms with Crippen LogP contribution in [0.15, 0.2) is 53.4 Å². The number of thiazole rings is 1. The van der Waals surface area contributed by atoms with Crippen LogP contribution in [0.5, 0.6) is 0 Å². The molecule has 0 saturated carbocycles. The number of rotatable bonds is 6. The SMILES string of the molecule is O=C(CCNS(=O)(=O)c1ccccc1Cl)N1CCC(c2nc3ccccc3s2)CC1. The summed E-state index contributed by atoms with van der Waals surface area (Å²) in [7, 11) is -3.73. The maximum atomic E-state index is 12.5. The number of benzene rings is 2. The van der Waals surface area contributed by atoms with E-state index < -0.39 is 10.0 Å². The number of piperidine rings is 1. The number of halogens is 1. The summed E-state index contributed by atoms with van der Waals surface area (Å²) in [5.41, 5.74) is 1.03. The van der Waals surface area contributed by atoms with E-state index in [1.54, 1.807) is 23.5 Å². The fourth-order valence-electron chi connectivity index (χ4n) is 3.63. The van der Waals surface area contributed by atoms with E-state index in [9.17, 15) is 13.2 Å². The minimum Gasteiger partial charge on any atom is -0.343 e. The molecule has 1 aliphatic rings. The topological polar surface area (TPSA) is 79.4 Å². The molecular weight excluding hydrogens is 442 g/mol. The number of fused-ring (bicyclic) bond motifs is 1. The van der Waals surface area contributed by atoms with Crippen molar-refractivity contribution in [1.29, 1.82) is 0 Å². The number of hydrogen-bond acceptors (Lipinski definition) is 5. The average Bonchev–Trinajstić information content (AvgIpc) is 3.18. The van der Waals surface area contributed by atoms with Gasteiger partial charge in [-0.25, -0.2) is 18.1 Å². The minimum atomic E-state index is -3.73. The van der Waals surface area contributed by atoms with Crippen LogP contribution in [0.2, 0.25) is 5.02 Å². The van der Waals surface area contributed by atoms with Crippen molar-refractivity contribution in [1.82, 2.24) is 14.6 Å². The summed E-state index contributed by atoms with van der Waals surface area (Å²) in [6.45, 7) is 1.37. The second kappa shape index (κ2) is 9.01. The predicted octanol–water partition coefficient (Wildman–Crippen LogP) is 4.02. The van der Waals surface area contributed by atoms with E-state index in [1.807, 2.05) is 23.1 Å². The molecule has 0 radical (unpaired) electrons. The van der Waals surface area contributed by atoms with Gasteiger partial charge in [0.05, 0.1) is 20.2 Å². The van der Waals surface area contributed by atoms with E-state index >= 15 is 0 Å². The highest BCUT2D eigenvalue weighted by Crippen LogP contribution is 2.33. The van der Waals surface area contributed by atoms with Crippen molar-refractivity contribution in [2.24, 2.45) is 0 Å². The molecule has 0 aliphatic carbocycles. The Morgan fingerprint density at radius 2 is 1.83 bits per heavy atom. The molecule has 1 amide bonds. The standard InChI is InChI=1S/C21H22ClN3O3S2/c22-16-5-1-4-8-19(16)30(27,28)23-12-9-20(26)25-13-10-15(11-14-25)21-24-17-6-2-3-7-18(17)29-21/h1-8,15,23H,9-14H2. The average molecular weight is 464 g/mol. The van der Waals surface area contributed by atoms with Gasteiger partial charge in [0.2, 0.25) is 15.9 Å². The predicted molar refractivity (Wildman–Crippen MR) is 119 cm³/mol. The number of amides is 1. The normalized spacial score (nSPS) is 15.6. The molecule has 30 heavy (non-hydrogen) atoms. The van der Waals surface area contributed by atoms with Crippen LogP contribution >= 0.6 is 22.9 Å². The van der Waals surface area contributed by atoms with E-state index in [0.717, 1.165) is 23.4 Å². The number of para-hydroxylation sites is 1. The van der Waals surface area contributed by atoms with Crippen LogP contribution in [0, 0.1) is 0 Å². The summed E-state index contributed by atoms with van der Waals surface area (Å²) in [4.78, 5) is 19.1. The van der Waals surface area contributed by atoms with Gasteiger partial charge in [0.15, 0.2) is 0 Å². The third-order valence-corrected chi connectivity index (χ3v) is 8.42. The Bertz CT molecular complexity index is 1120. The fourth-order valence-corrected chi connectivity index (χ4v) is 6.32. The largest absolute Gasteiger partial charge is 0.343 e. The summed E-state index contributed by atoms with van der Waals surface area (Å²) in [6, 6.07) is 14.4. The first-order valence-corrected chi connectivity index (χ1v) is 12.5. The molecule has 158 valence electrons. The molecule has 1 fully saturated rings. The Morgan fingerprint density at radius 3 is 2.57 bits per heavy atom. The molecule has 0 unspecified atom stereocenters. The first-order valence-electron chi connectivity index (χ1n) is 9.81. The number of aromatic nitrogens is 1. The molecule has 1 aromatic heterocycles. The van der Waals surface area contributed by atoms with Gasteiger partial charge in [-0.2, -0.15) is 0 Å². The second-order valence-electron chi connectivity index (χ2n) is 7.25. The van der Waals surface area contributed by atoms with Gasteiger partial charge in [0, 0.05) is 32.0 Å². The molecule has 9 heteroatoms. The molecule has 2 heterocycles. The van der Waals surface area contributed by atoms with E-state index in [-0.39, 0.29) is 28.8 Å². The maximum Gasteiger partial charge on any atom is 0.242 e. The third-order valence-electron chi connectivity index (χ3n) is 5.26. The lowest BCUT2D eigenvalue weighted by molar-refractivity contribution is -0.132. The van der Waals surface area contributed by atoms with Crippen molar-refractivity contribution in [2.45, 2.75) is 30.1 Å². The van der Waals surface area contributed by atoms with E-state index in [2.05, 4.69) is 10.8 Å². The molecule has 3 aromatic rings. The smallest absolute Gasteiger partial charge is 0.242 e. The summed E-state index contributed by atoms with van der Waals surface area (Å²) < 4.78 is 28.4. The number of carbonyl (C=O) groups is 1. The van der Waals surface area contributed by atoms with Crippen LogP contribution in [0.4, 0.5) is 0 Å². The number of likely N-dealkylation sites (tertiary alicyclic amines) is 1. The van der Waals surface area contributed by atoms with Crippen molar-refractivity contribution in [3.05, 3.63) is 58.6 Å². The van der Waals surface area contributed by atoms with Crippen molar-refractivity contribution < 1.29 is 13.2 Å². The van der Waals surface area contributed by atoms with E-state index in [0.29, 0.717) is 19.0 Å². The van der Waals surface area contributed by atoms with Crippen LogP contribution < -0.4 is 4.72 Å². The van der Waals surface area contributed by atoms with Crippen LogP contribution in [0.1, 0.15) is 30.2 Å². The summed E-state index contributed by atoms with van der Waals surface area (Å²) in [5.74, 6) is 0.324. The first-order chi connectivity index (χ1) is 14.4. The van der Waals surface area contributed by atoms with Crippen molar-refractivity contribution >= 4 is 49.1 Å². The van der Waals surface area contributed by atoms with Gasteiger partial charge in [-0.15, -0.1) is 11.3 Å². The van der Waals surface area contributed by atoms with Gasteiger partial charge in [-0.3, -0.25) is 4.79 Å². The monoisotopic (exact) mass is 463 g/mol.